The first kappa shape index (κ1) is 19.6. The van der Waals surface area contributed by atoms with Crippen molar-refractivity contribution in [2.45, 2.75) is 45.8 Å². The maximum atomic E-state index is 12.9. The van der Waals surface area contributed by atoms with Gasteiger partial charge in [0.1, 0.15) is 0 Å². The Morgan fingerprint density at radius 1 is 1.21 bits per heavy atom. The smallest absolute Gasteiger partial charge is 0.253 e. The van der Waals surface area contributed by atoms with E-state index in [-0.39, 0.29) is 5.91 Å². The second-order valence-corrected chi connectivity index (χ2v) is 8.51. The summed E-state index contributed by atoms with van der Waals surface area (Å²) in [7, 11) is 1.93. The molecule has 0 spiro atoms. The lowest BCUT2D eigenvalue weighted by Crippen LogP contribution is -2.40. The third kappa shape index (κ3) is 4.06. The van der Waals surface area contributed by atoms with E-state index in [4.69, 9.17) is 0 Å². The van der Waals surface area contributed by atoms with E-state index in [9.17, 15) is 4.79 Å². The van der Waals surface area contributed by atoms with Gasteiger partial charge in [0.05, 0.1) is 17.4 Å². The number of benzene rings is 2. The zero-order valence-corrected chi connectivity index (χ0v) is 17.8. The van der Waals surface area contributed by atoms with Crippen molar-refractivity contribution in [2.24, 2.45) is 0 Å². The van der Waals surface area contributed by atoms with Crippen LogP contribution in [0, 0.1) is 6.92 Å². The minimum atomic E-state index is 0.107. The number of imidazole rings is 1. The van der Waals surface area contributed by atoms with Gasteiger partial charge in [0, 0.05) is 44.3 Å². The quantitative estimate of drug-likeness (QED) is 0.662. The van der Waals surface area contributed by atoms with Crippen LogP contribution < -0.4 is 0 Å². The molecule has 1 amide bonds. The Kier molecular flexibility index (Phi) is 5.41. The van der Waals surface area contributed by atoms with Crippen LogP contribution in [-0.2, 0) is 6.54 Å². The van der Waals surface area contributed by atoms with Gasteiger partial charge in [0.25, 0.3) is 5.91 Å². The molecule has 1 aliphatic rings. The molecule has 0 radical (unpaired) electrons. The van der Waals surface area contributed by atoms with Crippen LogP contribution in [0.1, 0.15) is 41.8 Å². The van der Waals surface area contributed by atoms with Crippen LogP contribution >= 0.6 is 0 Å². The van der Waals surface area contributed by atoms with Gasteiger partial charge in [-0.3, -0.25) is 9.69 Å². The number of carbonyl (C=O) groups is 1. The summed E-state index contributed by atoms with van der Waals surface area (Å²) in [5.41, 5.74) is 5.28. The highest BCUT2D eigenvalue weighted by molar-refractivity contribution is 5.94. The molecule has 0 unspecified atom stereocenters. The lowest BCUT2D eigenvalue weighted by Gasteiger charge is -2.26. The minimum Gasteiger partial charge on any atom is -0.337 e. The fourth-order valence-electron chi connectivity index (χ4n) is 4.17. The van der Waals surface area contributed by atoms with Crippen LogP contribution in [0.25, 0.3) is 11.0 Å². The van der Waals surface area contributed by atoms with Crippen molar-refractivity contribution in [1.29, 1.82) is 0 Å². The summed E-state index contributed by atoms with van der Waals surface area (Å²) in [5, 5.41) is 0. The number of aromatic nitrogens is 2. The van der Waals surface area contributed by atoms with Crippen molar-refractivity contribution in [2.75, 3.05) is 20.1 Å². The molecule has 5 nitrogen and oxygen atoms in total. The Hall–Kier alpha value is -2.66. The van der Waals surface area contributed by atoms with Crippen molar-refractivity contribution < 1.29 is 4.79 Å². The van der Waals surface area contributed by atoms with E-state index < -0.39 is 0 Å². The van der Waals surface area contributed by atoms with E-state index in [1.54, 1.807) is 0 Å². The van der Waals surface area contributed by atoms with Gasteiger partial charge in [-0.25, -0.2) is 4.98 Å². The van der Waals surface area contributed by atoms with Crippen LogP contribution in [0.5, 0.6) is 0 Å². The molecule has 2 aromatic carbocycles. The molecule has 152 valence electrons. The molecular weight excluding hydrogens is 360 g/mol. The van der Waals surface area contributed by atoms with E-state index in [1.165, 1.54) is 5.56 Å². The number of rotatable bonds is 5. The van der Waals surface area contributed by atoms with Gasteiger partial charge in [-0.15, -0.1) is 0 Å². The number of likely N-dealkylation sites (tertiary alicyclic amines) is 1. The van der Waals surface area contributed by atoms with Crippen LogP contribution in [0.2, 0.25) is 0 Å². The first-order valence-electron chi connectivity index (χ1n) is 10.4. The summed E-state index contributed by atoms with van der Waals surface area (Å²) >= 11 is 0. The number of likely N-dealkylation sites (N-methyl/N-ethyl adjacent to an activating group) is 1. The first-order chi connectivity index (χ1) is 13.9. The topological polar surface area (TPSA) is 41.4 Å². The van der Waals surface area contributed by atoms with Crippen molar-refractivity contribution >= 4 is 16.9 Å². The largest absolute Gasteiger partial charge is 0.337 e. The summed E-state index contributed by atoms with van der Waals surface area (Å²) in [6.07, 6.45) is 2.93. The van der Waals surface area contributed by atoms with Gasteiger partial charge in [0.2, 0.25) is 0 Å². The summed E-state index contributed by atoms with van der Waals surface area (Å²) in [6, 6.07) is 15.2. The van der Waals surface area contributed by atoms with E-state index >= 15 is 0 Å². The van der Waals surface area contributed by atoms with Crippen LogP contribution in [0.3, 0.4) is 0 Å². The Bertz CT molecular complexity index is 1010. The predicted molar refractivity (Wildman–Crippen MR) is 117 cm³/mol. The summed E-state index contributed by atoms with van der Waals surface area (Å²) in [5.74, 6) is 0.107. The zero-order valence-electron chi connectivity index (χ0n) is 17.8. The molecule has 1 aromatic heterocycles. The van der Waals surface area contributed by atoms with Crippen molar-refractivity contribution in [1.82, 2.24) is 19.4 Å². The zero-order chi connectivity index (χ0) is 20.5. The molecule has 0 saturated carbocycles. The number of hydrogen-bond acceptors (Lipinski definition) is 3. The number of amides is 1. The highest BCUT2D eigenvalue weighted by atomic mass is 16.2. The van der Waals surface area contributed by atoms with Crippen molar-refractivity contribution in [3.8, 4) is 0 Å². The van der Waals surface area contributed by atoms with Crippen LogP contribution in [-0.4, -0.2) is 57.5 Å². The highest BCUT2D eigenvalue weighted by Crippen LogP contribution is 2.20. The highest BCUT2D eigenvalue weighted by Gasteiger charge is 2.29. The van der Waals surface area contributed by atoms with E-state index in [0.717, 1.165) is 48.2 Å². The number of nitrogens with zero attached hydrogens (tertiary/aromatic N) is 4. The third-order valence-corrected chi connectivity index (χ3v) is 6.12. The predicted octanol–water partition coefficient (Wildman–Crippen LogP) is 3.95. The molecule has 2 heterocycles. The number of aryl methyl sites for hydroxylation is 1. The molecule has 1 fully saturated rings. The molecule has 1 saturated heterocycles. The third-order valence-electron chi connectivity index (χ3n) is 6.12. The fourth-order valence-corrected chi connectivity index (χ4v) is 4.17. The van der Waals surface area contributed by atoms with Crippen molar-refractivity contribution in [3.05, 3.63) is 65.5 Å². The van der Waals surface area contributed by atoms with Gasteiger partial charge in [-0.2, -0.15) is 0 Å². The second kappa shape index (κ2) is 7.99. The minimum absolute atomic E-state index is 0.107. The first-order valence-corrected chi connectivity index (χ1v) is 10.4. The van der Waals surface area contributed by atoms with E-state index in [2.05, 4.69) is 65.6 Å². The molecule has 5 heteroatoms. The molecular formula is C24H30N4O. The Balaban J connectivity index is 1.44. The molecule has 29 heavy (non-hydrogen) atoms. The number of hydrogen-bond donors (Lipinski definition) is 0. The normalized spacial score (nSPS) is 17.3. The standard InChI is InChI=1S/C24H30N4O/c1-17(2)27-12-11-21(15-27)26(4)24(29)20-8-6-19(7-9-20)14-28-16-25-22-13-18(3)5-10-23(22)28/h5-10,13,16-17,21H,11-12,14-15H2,1-4H3/t21-/m1/s1. The molecule has 0 bridgehead atoms. The average molecular weight is 391 g/mol. The molecule has 4 rings (SSSR count). The molecule has 1 aliphatic heterocycles. The Morgan fingerprint density at radius 3 is 2.66 bits per heavy atom. The van der Waals surface area contributed by atoms with Crippen LogP contribution in [0.15, 0.2) is 48.8 Å². The van der Waals surface area contributed by atoms with Gasteiger partial charge < -0.3 is 9.47 Å². The van der Waals surface area contributed by atoms with Gasteiger partial charge in [-0.05, 0) is 62.6 Å². The van der Waals surface area contributed by atoms with E-state index in [1.807, 2.05) is 30.4 Å². The molecule has 0 aliphatic carbocycles. The second-order valence-electron chi connectivity index (χ2n) is 8.51. The molecule has 1 atom stereocenters. The van der Waals surface area contributed by atoms with Gasteiger partial charge in [-0.1, -0.05) is 18.2 Å². The molecule has 3 aromatic rings. The Morgan fingerprint density at radius 2 is 1.97 bits per heavy atom. The monoisotopic (exact) mass is 390 g/mol. The SMILES string of the molecule is Cc1ccc2c(c1)ncn2Cc1ccc(C(=O)N(C)[C@@H]2CCN(C(C)C)C2)cc1. The average Bonchev–Trinajstić information content (AvgIpc) is 3.35. The maximum Gasteiger partial charge on any atom is 0.253 e. The number of fused-ring (bicyclic) bond motifs is 1. The summed E-state index contributed by atoms with van der Waals surface area (Å²) in [6.45, 7) is 9.29. The van der Waals surface area contributed by atoms with Gasteiger partial charge in [0.15, 0.2) is 0 Å². The van der Waals surface area contributed by atoms with Gasteiger partial charge >= 0.3 is 0 Å². The lowest BCUT2D eigenvalue weighted by molar-refractivity contribution is 0.0732. The maximum absolute atomic E-state index is 12.9. The summed E-state index contributed by atoms with van der Waals surface area (Å²) in [4.78, 5) is 21.8. The number of carbonyl (C=O) groups excluding carboxylic acids is 1. The summed E-state index contributed by atoms with van der Waals surface area (Å²) < 4.78 is 2.15. The van der Waals surface area contributed by atoms with Crippen molar-refractivity contribution in [3.63, 3.8) is 0 Å². The lowest BCUT2D eigenvalue weighted by atomic mass is 10.1. The Labute approximate surface area is 172 Å². The van der Waals surface area contributed by atoms with E-state index in [0.29, 0.717) is 12.1 Å². The van der Waals surface area contributed by atoms with Crippen LogP contribution in [0.4, 0.5) is 0 Å². The fraction of sp³-hybridized carbons (Fsp3) is 0.417. The molecule has 0 N–H and O–H groups in total.